The molecule has 2 atom stereocenters. The number of carbonyl (C=O) groups excluding carboxylic acids is 1. The highest BCUT2D eigenvalue weighted by Gasteiger charge is 2.18. The minimum Gasteiger partial charge on any atom is -0.479 e. The standard InChI is InChI=1S/C10H17N3O4/c1-3-13(6-7(2)4-11)10(17)12-5-8(14)9(15)16/h7-8,14H,3,5-6H2,1-2H3,(H,12,17)(H,15,16). The second-order valence-corrected chi connectivity index (χ2v) is 3.61. The van der Waals surface area contributed by atoms with E-state index in [1.54, 1.807) is 13.8 Å². The van der Waals surface area contributed by atoms with Crippen molar-refractivity contribution >= 4 is 12.0 Å². The van der Waals surface area contributed by atoms with E-state index in [1.807, 2.05) is 6.07 Å². The van der Waals surface area contributed by atoms with Gasteiger partial charge >= 0.3 is 12.0 Å². The summed E-state index contributed by atoms with van der Waals surface area (Å²) in [5.74, 6) is -1.69. The van der Waals surface area contributed by atoms with E-state index in [0.29, 0.717) is 6.54 Å². The number of urea groups is 1. The molecule has 0 heterocycles. The fourth-order valence-corrected chi connectivity index (χ4v) is 1.11. The van der Waals surface area contributed by atoms with Crippen LogP contribution in [0.4, 0.5) is 4.79 Å². The lowest BCUT2D eigenvalue weighted by molar-refractivity contribution is -0.146. The molecule has 0 aromatic heterocycles. The highest BCUT2D eigenvalue weighted by Crippen LogP contribution is 1.98. The molecule has 0 spiro atoms. The van der Waals surface area contributed by atoms with Crippen molar-refractivity contribution in [1.29, 1.82) is 5.26 Å². The van der Waals surface area contributed by atoms with Gasteiger partial charge in [0.15, 0.2) is 6.10 Å². The molecule has 0 aromatic carbocycles. The number of carboxylic acids is 1. The van der Waals surface area contributed by atoms with Gasteiger partial charge in [0.05, 0.1) is 18.5 Å². The zero-order chi connectivity index (χ0) is 13.4. The number of carbonyl (C=O) groups is 2. The van der Waals surface area contributed by atoms with Crippen LogP contribution in [0.5, 0.6) is 0 Å². The van der Waals surface area contributed by atoms with E-state index in [9.17, 15) is 9.59 Å². The van der Waals surface area contributed by atoms with E-state index in [4.69, 9.17) is 15.5 Å². The highest BCUT2D eigenvalue weighted by atomic mass is 16.4. The van der Waals surface area contributed by atoms with Gasteiger partial charge in [0.25, 0.3) is 0 Å². The summed E-state index contributed by atoms with van der Waals surface area (Å²) < 4.78 is 0. The maximum Gasteiger partial charge on any atom is 0.334 e. The molecule has 0 fully saturated rings. The van der Waals surface area contributed by atoms with Gasteiger partial charge in [-0.3, -0.25) is 0 Å². The molecule has 3 N–H and O–H groups in total. The van der Waals surface area contributed by atoms with Crippen LogP contribution >= 0.6 is 0 Å². The summed E-state index contributed by atoms with van der Waals surface area (Å²) in [7, 11) is 0. The van der Waals surface area contributed by atoms with Gasteiger partial charge in [-0.2, -0.15) is 5.26 Å². The van der Waals surface area contributed by atoms with Crippen LogP contribution in [-0.2, 0) is 4.79 Å². The molecular weight excluding hydrogens is 226 g/mol. The Morgan fingerprint density at radius 2 is 2.12 bits per heavy atom. The Bertz CT molecular complexity index is 313. The van der Waals surface area contributed by atoms with Crippen molar-refractivity contribution in [3.05, 3.63) is 0 Å². The monoisotopic (exact) mass is 243 g/mol. The molecule has 0 aliphatic carbocycles. The molecule has 0 saturated heterocycles. The molecule has 0 aliphatic rings. The Balaban J connectivity index is 4.18. The number of carboxylic acid groups (broad SMARTS) is 1. The maximum atomic E-state index is 11.6. The van der Waals surface area contributed by atoms with E-state index in [0.717, 1.165) is 0 Å². The number of nitriles is 1. The number of hydrogen-bond acceptors (Lipinski definition) is 4. The Hall–Kier alpha value is -1.81. The third kappa shape index (κ3) is 5.73. The van der Waals surface area contributed by atoms with Crippen LogP contribution in [0, 0.1) is 17.2 Å². The van der Waals surface area contributed by atoms with Crippen molar-refractivity contribution in [2.75, 3.05) is 19.6 Å². The smallest absolute Gasteiger partial charge is 0.334 e. The first kappa shape index (κ1) is 15.2. The Morgan fingerprint density at radius 1 is 1.53 bits per heavy atom. The fourth-order valence-electron chi connectivity index (χ4n) is 1.11. The lowest BCUT2D eigenvalue weighted by Crippen LogP contribution is -2.45. The van der Waals surface area contributed by atoms with Crippen molar-refractivity contribution in [3.63, 3.8) is 0 Å². The van der Waals surface area contributed by atoms with Crippen LogP contribution in [0.2, 0.25) is 0 Å². The summed E-state index contributed by atoms with van der Waals surface area (Å²) in [4.78, 5) is 23.2. The Labute approximate surface area is 99.6 Å². The first-order valence-corrected chi connectivity index (χ1v) is 5.25. The highest BCUT2D eigenvalue weighted by molar-refractivity contribution is 5.76. The second kappa shape index (κ2) is 7.46. The minimum absolute atomic E-state index is 0.266. The molecular formula is C10H17N3O4. The number of nitrogens with zero attached hydrogens (tertiary/aromatic N) is 2. The van der Waals surface area contributed by atoms with Crippen LogP contribution in [-0.4, -0.2) is 52.9 Å². The van der Waals surface area contributed by atoms with E-state index < -0.39 is 18.1 Å². The molecule has 0 aliphatic heterocycles. The average molecular weight is 243 g/mol. The van der Waals surface area contributed by atoms with Crippen molar-refractivity contribution in [2.45, 2.75) is 20.0 Å². The molecule has 96 valence electrons. The molecule has 0 aromatic rings. The number of rotatable bonds is 6. The molecule has 2 unspecified atom stereocenters. The van der Waals surface area contributed by atoms with Crippen LogP contribution in [0.1, 0.15) is 13.8 Å². The molecule has 7 nitrogen and oxygen atoms in total. The van der Waals surface area contributed by atoms with Gasteiger partial charge in [-0.25, -0.2) is 9.59 Å². The fraction of sp³-hybridized carbons (Fsp3) is 0.700. The molecule has 17 heavy (non-hydrogen) atoms. The largest absolute Gasteiger partial charge is 0.479 e. The Kier molecular flexibility index (Phi) is 6.67. The van der Waals surface area contributed by atoms with Crippen molar-refractivity contribution < 1.29 is 19.8 Å². The lowest BCUT2D eigenvalue weighted by Gasteiger charge is -2.22. The van der Waals surface area contributed by atoms with E-state index in [-0.39, 0.29) is 19.0 Å². The van der Waals surface area contributed by atoms with Gasteiger partial charge in [0, 0.05) is 13.1 Å². The van der Waals surface area contributed by atoms with Gasteiger partial charge in [-0.05, 0) is 13.8 Å². The number of aliphatic hydroxyl groups is 1. The lowest BCUT2D eigenvalue weighted by atomic mass is 10.2. The van der Waals surface area contributed by atoms with Crippen LogP contribution in [0.25, 0.3) is 0 Å². The zero-order valence-corrected chi connectivity index (χ0v) is 9.88. The maximum absolute atomic E-state index is 11.6. The quantitative estimate of drug-likeness (QED) is 0.588. The third-order valence-corrected chi connectivity index (χ3v) is 2.12. The van der Waals surface area contributed by atoms with E-state index in [1.165, 1.54) is 4.90 Å². The van der Waals surface area contributed by atoms with E-state index in [2.05, 4.69) is 5.32 Å². The van der Waals surface area contributed by atoms with Crippen molar-refractivity contribution in [2.24, 2.45) is 5.92 Å². The van der Waals surface area contributed by atoms with Gasteiger partial charge < -0.3 is 20.4 Å². The average Bonchev–Trinajstić information content (AvgIpc) is 2.31. The normalized spacial score (nSPS) is 13.3. The van der Waals surface area contributed by atoms with Gasteiger partial charge in [-0.1, -0.05) is 0 Å². The SMILES string of the molecule is CCN(CC(C)C#N)C(=O)NCC(O)C(=O)O. The van der Waals surface area contributed by atoms with Gasteiger partial charge in [0.2, 0.25) is 0 Å². The second-order valence-electron chi connectivity index (χ2n) is 3.61. The third-order valence-electron chi connectivity index (χ3n) is 2.12. The molecule has 2 amide bonds. The predicted octanol–water partition coefficient (Wildman–Crippen LogP) is -0.377. The first-order valence-electron chi connectivity index (χ1n) is 5.25. The summed E-state index contributed by atoms with van der Waals surface area (Å²) in [6.07, 6.45) is -1.62. The number of nitrogens with one attached hydrogen (secondary N) is 1. The number of hydrogen-bond donors (Lipinski definition) is 3. The zero-order valence-electron chi connectivity index (χ0n) is 9.88. The molecule has 0 saturated carbocycles. The molecule has 0 rings (SSSR count). The first-order chi connectivity index (χ1) is 7.92. The predicted molar refractivity (Wildman–Crippen MR) is 59.1 cm³/mol. The van der Waals surface area contributed by atoms with Crippen LogP contribution in [0.3, 0.4) is 0 Å². The summed E-state index contributed by atoms with van der Waals surface area (Å²) >= 11 is 0. The van der Waals surface area contributed by atoms with Crippen LogP contribution in [0.15, 0.2) is 0 Å². The van der Waals surface area contributed by atoms with Crippen LogP contribution < -0.4 is 5.32 Å². The summed E-state index contributed by atoms with van der Waals surface area (Å²) in [5.41, 5.74) is 0. The van der Waals surface area contributed by atoms with Crippen molar-refractivity contribution in [3.8, 4) is 6.07 Å². The summed E-state index contributed by atoms with van der Waals surface area (Å²) in [6.45, 7) is 3.74. The summed E-state index contributed by atoms with van der Waals surface area (Å²) in [5, 5.41) is 28.3. The number of aliphatic hydroxyl groups excluding tert-OH is 1. The molecule has 7 heteroatoms. The Morgan fingerprint density at radius 3 is 2.53 bits per heavy atom. The van der Waals surface area contributed by atoms with Crippen molar-refractivity contribution in [1.82, 2.24) is 10.2 Å². The van der Waals surface area contributed by atoms with Gasteiger partial charge in [0.1, 0.15) is 0 Å². The topological polar surface area (TPSA) is 114 Å². The minimum atomic E-state index is -1.62. The van der Waals surface area contributed by atoms with Gasteiger partial charge in [-0.15, -0.1) is 0 Å². The number of amides is 2. The number of aliphatic carboxylic acids is 1. The molecule has 0 radical (unpaired) electrons. The van der Waals surface area contributed by atoms with E-state index >= 15 is 0 Å². The molecule has 0 bridgehead atoms. The summed E-state index contributed by atoms with van der Waals surface area (Å²) in [6, 6.07) is 1.51.